The molecule has 0 aliphatic rings. The van der Waals surface area contributed by atoms with Gasteiger partial charge in [0.05, 0.1) is 6.21 Å². The van der Waals surface area contributed by atoms with E-state index in [9.17, 15) is 0 Å². The second kappa shape index (κ2) is 5.40. The number of benzene rings is 1. The lowest BCUT2D eigenvalue weighted by molar-refractivity contribution is 0.131. The van der Waals surface area contributed by atoms with E-state index in [1.165, 1.54) is 5.56 Å². The monoisotopic (exact) mass is 192 g/mol. The number of rotatable bonds is 4. The summed E-state index contributed by atoms with van der Waals surface area (Å²) in [6.07, 6.45) is 1.58. The van der Waals surface area contributed by atoms with Crippen LogP contribution in [-0.4, -0.2) is 12.3 Å². The molecule has 0 heterocycles. The quantitative estimate of drug-likeness (QED) is 0.584. The summed E-state index contributed by atoms with van der Waals surface area (Å²) in [7, 11) is 0. The smallest absolute Gasteiger partial charge is 0.142 e. The lowest BCUT2D eigenvalue weighted by Crippen LogP contribution is -2.15. The molecular formula is C11H16N2O. The largest absolute Gasteiger partial charge is 0.391 e. The summed E-state index contributed by atoms with van der Waals surface area (Å²) < 4.78 is 0. The van der Waals surface area contributed by atoms with E-state index in [0.29, 0.717) is 6.61 Å². The van der Waals surface area contributed by atoms with Gasteiger partial charge in [0, 0.05) is 6.04 Å². The zero-order chi connectivity index (χ0) is 10.4. The van der Waals surface area contributed by atoms with E-state index in [4.69, 9.17) is 10.6 Å². The first-order valence-electron chi connectivity index (χ1n) is 4.65. The maximum atomic E-state index is 5.46. The highest BCUT2D eigenvalue weighted by Gasteiger charge is 1.91. The Morgan fingerprint density at radius 2 is 2.07 bits per heavy atom. The van der Waals surface area contributed by atoms with Crippen molar-refractivity contribution < 1.29 is 4.84 Å². The number of nitrogens with two attached hydrogens (primary N) is 1. The summed E-state index contributed by atoms with van der Waals surface area (Å²) in [6, 6.07) is 8.09. The third kappa shape index (κ3) is 4.05. The van der Waals surface area contributed by atoms with E-state index in [2.05, 4.69) is 12.1 Å². The molecule has 0 bridgehead atoms. The molecule has 2 N–H and O–H groups in total. The van der Waals surface area contributed by atoms with Crippen molar-refractivity contribution in [3.63, 3.8) is 0 Å². The Morgan fingerprint density at radius 1 is 1.43 bits per heavy atom. The van der Waals surface area contributed by atoms with Crippen molar-refractivity contribution in [2.24, 2.45) is 10.9 Å². The maximum Gasteiger partial charge on any atom is 0.142 e. The molecule has 1 aromatic carbocycles. The summed E-state index contributed by atoms with van der Waals surface area (Å²) in [4.78, 5) is 5.06. The minimum absolute atomic E-state index is 0.0620. The lowest BCUT2D eigenvalue weighted by Gasteiger charge is -2.00. The number of hydrogen-bond donors (Lipinski definition) is 1. The Labute approximate surface area is 84.6 Å². The van der Waals surface area contributed by atoms with Gasteiger partial charge < -0.3 is 10.6 Å². The summed E-state index contributed by atoms with van der Waals surface area (Å²) in [5.41, 5.74) is 7.81. The fourth-order valence-electron chi connectivity index (χ4n) is 0.935. The van der Waals surface area contributed by atoms with Gasteiger partial charge in [-0.05, 0) is 19.4 Å². The van der Waals surface area contributed by atoms with Crippen molar-refractivity contribution in [1.82, 2.24) is 0 Å². The van der Waals surface area contributed by atoms with Crippen LogP contribution in [0.2, 0.25) is 0 Å². The van der Waals surface area contributed by atoms with Gasteiger partial charge in [-0.25, -0.2) is 0 Å². The van der Waals surface area contributed by atoms with Gasteiger partial charge in [-0.3, -0.25) is 0 Å². The van der Waals surface area contributed by atoms with Crippen LogP contribution in [0.3, 0.4) is 0 Å². The van der Waals surface area contributed by atoms with Gasteiger partial charge in [0.2, 0.25) is 0 Å². The van der Waals surface area contributed by atoms with E-state index in [1.54, 1.807) is 6.21 Å². The van der Waals surface area contributed by atoms with Gasteiger partial charge in [-0.15, -0.1) is 0 Å². The Hall–Kier alpha value is -1.35. The van der Waals surface area contributed by atoms with Gasteiger partial charge in [0.25, 0.3) is 0 Å². The molecule has 3 heteroatoms. The van der Waals surface area contributed by atoms with Crippen molar-refractivity contribution in [2.75, 3.05) is 0 Å². The lowest BCUT2D eigenvalue weighted by atomic mass is 10.2. The molecule has 0 radical (unpaired) electrons. The Morgan fingerprint density at radius 3 is 2.64 bits per heavy atom. The van der Waals surface area contributed by atoms with Gasteiger partial charge >= 0.3 is 0 Å². The molecule has 0 saturated carbocycles. The second-order valence-electron chi connectivity index (χ2n) is 3.37. The van der Waals surface area contributed by atoms with Crippen LogP contribution in [0.15, 0.2) is 29.4 Å². The van der Waals surface area contributed by atoms with Crippen LogP contribution >= 0.6 is 0 Å². The molecule has 14 heavy (non-hydrogen) atoms. The van der Waals surface area contributed by atoms with Crippen LogP contribution in [0, 0.1) is 6.92 Å². The van der Waals surface area contributed by atoms with Gasteiger partial charge in [0.15, 0.2) is 0 Å². The van der Waals surface area contributed by atoms with Crippen LogP contribution < -0.4 is 5.73 Å². The highest BCUT2D eigenvalue weighted by Crippen LogP contribution is 2.04. The molecular weight excluding hydrogens is 176 g/mol. The third-order valence-corrected chi connectivity index (χ3v) is 1.72. The Balaban J connectivity index is 2.35. The second-order valence-corrected chi connectivity index (χ2v) is 3.37. The molecule has 0 amide bonds. The van der Waals surface area contributed by atoms with Crippen molar-refractivity contribution in [3.05, 3.63) is 35.4 Å². The molecule has 1 atom stereocenters. The predicted octanol–water partition coefficient (Wildman–Crippen LogP) is 1.84. The molecule has 0 aliphatic carbocycles. The van der Waals surface area contributed by atoms with E-state index in [1.807, 2.05) is 31.2 Å². The van der Waals surface area contributed by atoms with E-state index >= 15 is 0 Å². The summed E-state index contributed by atoms with van der Waals surface area (Å²) in [5.74, 6) is 0. The average molecular weight is 192 g/mol. The topological polar surface area (TPSA) is 47.6 Å². The minimum Gasteiger partial charge on any atom is -0.391 e. The molecule has 0 saturated heterocycles. The van der Waals surface area contributed by atoms with Crippen LogP contribution in [-0.2, 0) is 11.4 Å². The molecule has 3 nitrogen and oxygen atoms in total. The van der Waals surface area contributed by atoms with Crippen LogP contribution in [0.4, 0.5) is 0 Å². The summed E-state index contributed by atoms with van der Waals surface area (Å²) in [5, 5.41) is 3.74. The molecule has 1 aromatic rings. The zero-order valence-electron chi connectivity index (χ0n) is 8.60. The fourth-order valence-corrected chi connectivity index (χ4v) is 0.935. The SMILES string of the molecule is Cc1ccc(CO/N=C/C(C)N)cc1. The molecule has 0 aliphatic heterocycles. The predicted molar refractivity (Wildman–Crippen MR) is 58.1 cm³/mol. The maximum absolute atomic E-state index is 5.46. The summed E-state index contributed by atoms with van der Waals surface area (Å²) in [6.45, 7) is 4.39. The van der Waals surface area contributed by atoms with Crippen LogP contribution in [0.5, 0.6) is 0 Å². The van der Waals surface area contributed by atoms with Crippen LogP contribution in [0.1, 0.15) is 18.1 Å². The van der Waals surface area contributed by atoms with Crippen molar-refractivity contribution in [3.8, 4) is 0 Å². The zero-order valence-corrected chi connectivity index (χ0v) is 8.60. The molecule has 0 spiro atoms. The molecule has 0 fully saturated rings. The standard InChI is InChI=1S/C11H16N2O/c1-9-3-5-11(6-4-9)8-14-13-7-10(2)12/h3-7,10H,8,12H2,1-2H3/b13-7+. The number of hydrogen-bond acceptors (Lipinski definition) is 3. The third-order valence-electron chi connectivity index (χ3n) is 1.72. The highest BCUT2D eigenvalue weighted by atomic mass is 16.6. The Kier molecular flexibility index (Phi) is 4.13. The van der Waals surface area contributed by atoms with Gasteiger partial charge in [-0.2, -0.15) is 0 Å². The first-order chi connectivity index (χ1) is 6.68. The van der Waals surface area contributed by atoms with Crippen molar-refractivity contribution in [1.29, 1.82) is 0 Å². The first kappa shape index (κ1) is 10.7. The molecule has 0 aromatic heterocycles. The normalized spacial score (nSPS) is 13.1. The van der Waals surface area contributed by atoms with Crippen LogP contribution in [0.25, 0.3) is 0 Å². The molecule has 1 unspecified atom stereocenters. The minimum atomic E-state index is -0.0620. The average Bonchev–Trinajstić information content (AvgIpc) is 2.15. The van der Waals surface area contributed by atoms with Gasteiger partial charge in [-0.1, -0.05) is 35.0 Å². The number of nitrogens with zero attached hydrogens (tertiary/aromatic N) is 1. The molecule has 1 rings (SSSR count). The molecule has 76 valence electrons. The van der Waals surface area contributed by atoms with Gasteiger partial charge in [0.1, 0.15) is 6.61 Å². The first-order valence-corrected chi connectivity index (χ1v) is 4.65. The van der Waals surface area contributed by atoms with E-state index < -0.39 is 0 Å². The number of aryl methyl sites for hydroxylation is 1. The van der Waals surface area contributed by atoms with Crippen molar-refractivity contribution in [2.45, 2.75) is 26.5 Å². The Bertz CT molecular complexity index is 291. The highest BCUT2D eigenvalue weighted by molar-refractivity contribution is 5.62. The number of oxime groups is 1. The fraction of sp³-hybridized carbons (Fsp3) is 0.364. The van der Waals surface area contributed by atoms with E-state index in [0.717, 1.165) is 5.56 Å². The van der Waals surface area contributed by atoms with Crippen molar-refractivity contribution >= 4 is 6.21 Å². The summed E-state index contributed by atoms with van der Waals surface area (Å²) >= 11 is 0. The van der Waals surface area contributed by atoms with E-state index in [-0.39, 0.29) is 6.04 Å².